The largest absolute Gasteiger partial charge is 0.422 e. The van der Waals surface area contributed by atoms with Crippen molar-refractivity contribution in [2.24, 2.45) is 4.99 Å². The predicted molar refractivity (Wildman–Crippen MR) is 107 cm³/mol. The number of amides is 1. The highest BCUT2D eigenvalue weighted by Crippen LogP contribution is 2.19. The van der Waals surface area contributed by atoms with E-state index >= 15 is 0 Å². The van der Waals surface area contributed by atoms with Crippen molar-refractivity contribution in [2.75, 3.05) is 0 Å². The molecule has 0 aliphatic carbocycles. The Morgan fingerprint density at radius 2 is 2.00 bits per heavy atom. The number of hydrogen-bond acceptors (Lipinski definition) is 4. The molecule has 4 aromatic rings. The summed E-state index contributed by atoms with van der Waals surface area (Å²) >= 11 is 1.45. The molecule has 0 aliphatic rings. The van der Waals surface area contributed by atoms with Crippen molar-refractivity contribution >= 4 is 38.4 Å². The quantitative estimate of drug-likeness (QED) is 0.500. The summed E-state index contributed by atoms with van der Waals surface area (Å²) in [5.41, 5.74) is 1.94. The number of rotatable bonds is 3. The van der Waals surface area contributed by atoms with Crippen LogP contribution >= 0.6 is 11.3 Å². The fourth-order valence-electron chi connectivity index (χ4n) is 3.06. The average Bonchev–Trinajstić information content (AvgIpc) is 2.97. The highest BCUT2D eigenvalue weighted by molar-refractivity contribution is 7.16. The number of para-hydroxylation sites is 1. The minimum absolute atomic E-state index is 0.0506. The molecule has 2 aromatic carbocycles. The van der Waals surface area contributed by atoms with E-state index in [0.29, 0.717) is 15.8 Å². The normalized spacial score (nSPS) is 12.1. The molecule has 0 fully saturated rings. The van der Waals surface area contributed by atoms with Crippen LogP contribution in [0.25, 0.3) is 21.2 Å². The highest BCUT2D eigenvalue weighted by Gasteiger charge is 2.14. The molecule has 27 heavy (non-hydrogen) atoms. The first-order chi connectivity index (χ1) is 13.1. The summed E-state index contributed by atoms with van der Waals surface area (Å²) in [4.78, 5) is 29.8. The van der Waals surface area contributed by atoms with E-state index in [4.69, 9.17) is 4.42 Å². The molecule has 0 atom stereocenters. The lowest BCUT2D eigenvalue weighted by Crippen LogP contribution is -2.19. The first kappa shape index (κ1) is 17.4. The van der Waals surface area contributed by atoms with Gasteiger partial charge in [0, 0.05) is 11.9 Å². The maximum Gasteiger partial charge on any atom is 0.349 e. The van der Waals surface area contributed by atoms with Gasteiger partial charge in [0.2, 0.25) is 0 Å². The Bertz CT molecular complexity index is 1290. The second-order valence-corrected chi connectivity index (χ2v) is 7.42. The van der Waals surface area contributed by atoms with Crippen molar-refractivity contribution in [1.82, 2.24) is 4.57 Å². The first-order valence-electron chi connectivity index (χ1n) is 8.79. The number of carbonyl (C=O) groups excluding carboxylic acids is 1. The topological polar surface area (TPSA) is 64.6 Å². The number of aromatic nitrogens is 1. The summed E-state index contributed by atoms with van der Waals surface area (Å²) in [6.07, 6.45) is 0.916. The molecular formula is C21H18N2O3S. The molecule has 0 saturated heterocycles. The van der Waals surface area contributed by atoms with E-state index in [0.717, 1.165) is 28.7 Å². The average molecular weight is 378 g/mol. The lowest BCUT2D eigenvalue weighted by Gasteiger charge is -2.03. The minimum atomic E-state index is -0.665. The second-order valence-electron chi connectivity index (χ2n) is 6.41. The third-order valence-corrected chi connectivity index (χ3v) is 5.40. The molecule has 0 saturated carbocycles. The van der Waals surface area contributed by atoms with Gasteiger partial charge in [-0.3, -0.25) is 4.79 Å². The Hall–Kier alpha value is -2.99. The van der Waals surface area contributed by atoms with Crippen LogP contribution in [0.15, 0.2) is 62.7 Å². The molecule has 0 aliphatic heterocycles. The van der Waals surface area contributed by atoms with E-state index < -0.39 is 11.5 Å². The molecule has 0 unspecified atom stereocenters. The smallest absolute Gasteiger partial charge is 0.349 e. The number of fused-ring (bicyclic) bond motifs is 2. The SMILES string of the molecule is CCCn1c(=NC(=O)c2cc3ccccc3oc2=O)sc2cc(C)ccc21. The fourth-order valence-corrected chi connectivity index (χ4v) is 4.22. The van der Waals surface area contributed by atoms with Crippen molar-refractivity contribution in [3.05, 3.63) is 74.9 Å². The number of carbonyl (C=O) groups is 1. The van der Waals surface area contributed by atoms with E-state index in [9.17, 15) is 9.59 Å². The van der Waals surface area contributed by atoms with Crippen LogP contribution in [0.3, 0.4) is 0 Å². The molecule has 1 amide bonds. The summed E-state index contributed by atoms with van der Waals surface area (Å²) in [5, 5.41) is 0.698. The number of nitrogens with zero attached hydrogens (tertiary/aromatic N) is 2. The van der Waals surface area contributed by atoms with E-state index in [1.807, 2.05) is 29.7 Å². The minimum Gasteiger partial charge on any atom is -0.422 e. The molecule has 0 spiro atoms. The van der Waals surface area contributed by atoms with Gasteiger partial charge in [0.05, 0.1) is 10.2 Å². The third-order valence-electron chi connectivity index (χ3n) is 4.35. The molecule has 2 heterocycles. The van der Waals surface area contributed by atoms with E-state index in [1.165, 1.54) is 11.3 Å². The summed E-state index contributed by atoms with van der Waals surface area (Å²) in [5.74, 6) is -0.581. The molecule has 0 N–H and O–H groups in total. The van der Waals surface area contributed by atoms with Gasteiger partial charge in [-0.2, -0.15) is 4.99 Å². The maximum atomic E-state index is 12.7. The van der Waals surface area contributed by atoms with Gasteiger partial charge in [-0.15, -0.1) is 0 Å². The maximum absolute atomic E-state index is 12.7. The number of aryl methyl sites for hydroxylation is 2. The number of thiazole rings is 1. The van der Waals surface area contributed by atoms with Gasteiger partial charge in [0.25, 0.3) is 5.91 Å². The zero-order chi connectivity index (χ0) is 19.0. The molecular weight excluding hydrogens is 360 g/mol. The summed E-state index contributed by atoms with van der Waals surface area (Å²) < 4.78 is 8.36. The lowest BCUT2D eigenvalue weighted by molar-refractivity contribution is 0.0994. The van der Waals surface area contributed by atoms with E-state index in [-0.39, 0.29) is 5.56 Å². The van der Waals surface area contributed by atoms with Crippen molar-refractivity contribution in [1.29, 1.82) is 0 Å². The van der Waals surface area contributed by atoms with Gasteiger partial charge in [-0.25, -0.2) is 4.79 Å². The fraction of sp³-hybridized carbons (Fsp3) is 0.190. The Kier molecular flexibility index (Phi) is 4.49. The zero-order valence-corrected chi connectivity index (χ0v) is 15.9. The van der Waals surface area contributed by atoms with Crippen LogP contribution in [0.4, 0.5) is 0 Å². The monoisotopic (exact) mass is 378 g/mol. The molecule has 0 bridgehead atoms. The van der Waals surface area contributed by atoms with Crippen LogP contribution in [0, 0.1) is 6.92 Å². The predicted octanol–water partition coefficient (Wildman–Crippen LogP) is 4.27. The van der Waals surface area contributed by atoms with E-state index in [1.54, 1.807) is 24.3 Å². The third kappa shape index (κ3) is 3.24. The second kappa shape index (κ2) is 6.96. The van der Waals surface area contributed by atoms with Crippen LogP contribution in [0.1, 0.15) is 29.3 Å². The Balaban J connectivity index is 1.88. The highest BCUT2D eigenvalue weighted by atomic mass is 32.1. The van der Waals surface area contributed by atoms with Crippen molar-refractivity contribution in [3.8, 4) is 0 Å². The molecule has 4 rings (SSSR count). The molecule has 2 aromatic heterocycles. The zero-order valence-electron chi connectivity index (χ0n) is 15.1. The Morgan fingerprint density at radius 1 is 1.19 bits per heavy atom. The van der Waals surface area contributed by atoms with Gasteiger partial charge in [0.15, 0.2) is 4.80 Å². The van der Waals surface area contributed by atoms with Crippen LogP contribution in [-0.2, 0) is 6.54 Å². The summed E-state index contributed by atoms with van der Waals surface area (Å²) in [6.45, 7) is 4.86. The van der Waals surface area contributed by atoms with Gasteiger partial charge >= 0.3 is 5.63 Å². The summed E-state index contributed by atoms with van der Waals surface area (Å²) in [6, 6.07) is 14.8. The van der Waals surface area contributed by atoms with Crippen molar-refractivity contribution in [2.45, 2.75) is 26.8 Å². The standard InChI is InChI=1S/C21H18N2O3S/c1-3-10-23-16-9-8-13(2)11-18(16)27-21(23)22-19(24)15-12-14-6-4-5-7-17(14)26-20(15)25/h4-9,11-12H,3,10H2,1-2H3. The first-order valence-corrected chi connectivity index (χ1v) is 9.60. The number of benzene rings is 2. The Morgan fingerprint density at radius 3 is 2.81 bits per heavy atom. The van der Waals surface area contributed by atoms with Crippen molar-refractivity contribution in [3.63, 3.8) is 0 Å². The molecule has 0 radical (unpaired) electrons. The van der Waals surface area contributed by atoms with Gasteiger partial charge in [0.1, 0.15) is 11.1 Å². The van der Waals surface area contributed by atoms with Gasteiger partial charge < -0.3 is 8.98 Å². The van der Waals surface area contributed by atoms with Gasteiger partial charge in [-0.1, -0.05) is 42.5 Å². The summed E-state index contributed by atoms with van der Waals surface area (Å²) in [7, 11) is 0. The van der Waals surface area contributed by atoms with Crippen LogP contribution in [0.2, 0.25) is 0 Å². The molecule has 6 heteroatoms. The molecule has 136 valence electrons. The number of hydrogen-bond donors (Lipinski definition) is 0. The lowest BCUT2D eigenvalue weighted by atomic mass is 10.2. The van der Waals surface area contributed by atoms with Crippen LogP contribution < -0.4 is 10.4 Å². The Labute approximate surface area is 159 Å². The van der Waals surface area contributed by atoms with E-state index in [2.05, 4.69) is 18.0 Å². The van der Waals surface area contributed by atoms with Crippen molar-refractivity contribution < 1.29 is 9.21 Å². The van der Waals surface area contributed by atoms with Crippen LogP contribution in [0.5, 0.6) is 0 Å². The van der Waals surface area contributed by atoms with Gasteiger partial charge in [-0.05, 0) is 43.2 Å². The van der Waals surface area contributed by atoms with Crippen LogP contribution in [-0.4, -0.2) is 10.5 Å². The molecule has 5 nitrogen and oxygen atoms in total.